The zero-order valence-corrected chi connectivity index (χ0v) is 18.1. The molecule has 1 saturated carbocycles. The predicted molar refractivity (Wildman–Crippen MR) is 123 cm³/mol. The Hall–Kier alpha value is -3.28. The summed E-state index contributed by atoms with van der Waals surface area (Å²) in [6, 6.07) is 14.7. The van der Waals surface area contributed by atoms with Crippen molar-refractivity contribution in [3.05, 3.63) is 60.5 Å². The van der Waals surface area contributed by atoms with Crippen LogP contribution in [0.2, 0.25) is 0 Å². The van der Waals surface area contributed by atoms with Crippen LogP contribution in [0.3, 0.4) is 0 Å². The number of likely N-dealkylation sites (tertiary alicyclic amines) is 1. The van der Waals surface area contributed by atoms with Crippen LogP contribution in [-0.4, -0.2) is 41.8 Å². The van der Waals surface area contributed by atoms with Crippen LogP contribution in [0, 0.1) is 17.7 Å². The summed E-state index contributed by atoms with van der Waals surface area (Å²) >= 11 is 0. The molecule has 5 rings (SSSR count). The molecule has 0 N–H and O–H groups in total. The Kier molecular flexibility index (Phi) is 5.37. The number of benzene rings is 2. The van der Waals surface area contributed by atoms with Gasteiger partial charge in [-0.3, -0.25) is 14.6 Å². The van der Waals surface area contributed by atoms with Crippen LogP contribution < -0.4 is 4.90 Å². The molecule has 2 aliphatic rings. The molecule has 164 valence electrons. The monoisotopic (exact) mass is 431 g/mol. The van der Waals surface area contributed by atoms with Crippen molar-refractivity contribution in [3.63, 3.8) is 0 Å². The number of carbonyl (C=O) groups is 2. The molecule has 3 aromatic rings. The van der Waals surface area contributed by atoms with Crippen molar-refractivity contribution in [2.45, 2.75) is 25.7 Å². The number of fused-ring (bicyclic) bond motifs is 1. The number of nitrogens with zero attached hydrogens (tertiary/aromatic N) is 3. The van der Waals surface area contributed by atoms with Gasteiger partial charge in [0.2, 0.25) is 11.8 Å². The third kappa shape index (κ3) is 4.09. The van der Waals surface area contributed by atoms with Gasteiger partial charge in [-0.05, 0) is 60.6 Å². The molecule has 2 aromatic carbocycles. The number of anilines is 1. The lowest BCUT2D eigenvalue weighted by molar-refractivity contribution is -0.131. The minimum Gasteiger partial charge on any atom is -0.342 e. The van der Waals surface area contributed by atoms with Crippen molar-refractivity contribution in [2.75, 3.05) is 25.0 Å². The lowest BCUT2D eigenvalue weighted by Gasteiger charge is -2.21. The normalized spacial score (nSPS) is 18.2. The second-order valence-corrected chi connectivity index (χ2v) is 8.95. The number of hydrogen-bond acceptors (Lipinski definition) is 3. The van der Waals surface area contributed by atoms with Gasteiger partial charge in [-0.25, -0.2) is 4.39 Å². The Balaban J connectivity index is 1.27. The summed E-state index contributed by atoms with van der Waals surface area (Å²) in [5.74, 6) is 0.0192. The number of pyridine rings is 1. The van der Waals surface area contributed by atoms with Crippen LogP contribution in [0.5, 0.6) is 0 Å². The maximum Gasteiger partial charge on any atom is 0.227 e. The molecule has 6 heteroatoms. The number of carbonyl (C=O) groups excluding carboxylic acids is 2. The number of rotatable bonds is 5. The largest absolute Gasteiger partial charge is 0.342 e. The topological polar surface area (TPSA) is 53.5 Å². The molecule has 0 unspecified atom stereocenters. The Labute approximate surface area is 186 Å². The molecule has 0 bridgehead atoms. The molecule has 2 amide bonds. The first-order valence-corrected chi connectivity index (χ1v) is 11.2. The fourth-order valence-electron chi connectivity index (χ4n) is 4.51. The lowest BCUT2D eigenvalue weighted by atomic mass is 10.0. The molecular formula is C26H26FN3O2. The quantitative estimate of drug-likeness (QED) is 0.591. The fraction of sp³-hybridized carbons (Fsp3) is 0.346. The van der Waals surface area contributed by atoms with E-state index in [-0.39, 0.29) is 29.3 Å². The molecule has 1 atom stereocenters. The highest BCUT2D eigenvalue weighted by Crippen LogP contribution is 2.34. The summed E-state index contributed by atoms with van der Waals surface area (Å²) in [6.07, 6.45) is 4.87. The van der Waals surface area contributed by atoms with E-state index in [2.05, 4.69) is 4.98 Å². The van der Waals surface area contributed by atoms with E-state index in [0.29, 0.717) is 13.0 Å². The van der Waals surface area contributed by atoms with Crippen LogP contribution in [0.1, 0.15) is 25.7 Å². The van der Waals surface area contributed by atoms with Crippen molar-refractivity contribution in [2.24, 2.45) is 11.8 Å². The standard InChI is InChI=1S/C26H26FN3O2/c1-29(25(31)13-17-10-12-30(16-17)26(32)19-5-6-19)24-9-8-20(14-22(24)27)21-7-4-18-3-2-11-28-23(18)15-21/h2-4,7-9,11,14-15,17,19H,5-6,10,12-13,16H2,1H3/t17-/m0/s1. The summed E-state index contributed by atoms with van der Waals surface area (Å²) in [5, 5.41) is 1.03. The molecule has 5 nitrogen and oxygen atoms in total. The summed E-state index contributed by atoms with van der Waals surface area (Å²) < 4.78 is 15.0. The second kappa shape index (κ2) is 8.34. The highest BCUT2D eigenvalue weighted by Gasteiger charge is 2.37. The van der Waals surface area contributed by atoms with E-state index in [1.165, 1.54) is 11.0 Å². The third-order valence-corrected chi connectivity index (χ3v) is 6.61. The summed E-state index contributed by atoms with van der Waals surface area (Å²) in [4.78, 5) is 32.7. The zero-order valence-electron chi connectivity index (χ0n) is 18.1. The van der Waals surface area contributed by atoms with Crippen molar-refractivity contribution in [3.8, 4) is 11.1 Å². The van der Waals surface area contributed by atoms with Gasteiger partial charge in [0.05, 0.1) is 11.2 Å². The van der Waals surface area contributed by atoms with Gasteiger partial charge in [-0.15, -0.1) is 0 Å². The van der Waals surface area contributed by atoms with E-state index in [1.807, 2.05) is 41.3 Å². The van der Waals surface area contributed by atoms with E-state index in [1.54, 1.807) is 19.3 Å². The average Bonchev–Trinajstić information content (AvgIpc) is 3.56. The van der Waals surface area contributed by atoms with Gasteiger partial charge in [-0.2, -0.15) is 0 Å². The van der Waals surface area contributed by atoms with Crippen LogP contribution in [0.25, 0.3) is 22.0 Å². The Morgan fingerprint density at radius 1 is 1.09 bits per heavy atom. The van der Waals surface area contributed by atoms with Crippen LogP contribution >= 0.6 is 0 Å². The average molecular weight is 432 g/mol. The maximum atomic E-state index is 15.0. The fourth-order valence-corrected chi connectivity index (χ4v) is 4.51. The molecular weight excluding hydrogens is 405 g/mol. The summed E-state index contributed by atoms with van der Waals surface area (Å²) in [6.45, 7) is 1.35. The SMILES string of the molecule is CN(C(=O)C[C@@H]1CCN(C(=O)C2CC2)C1)c1ccc(-c2ccc3cccnc3c2)cc1F. The van der Waals surface area contributed by atoms with Gasteiger partial charge < -0.3 is 9.80 Å². The molecule has 1 aliphatic carbocycles. The van der Waals surface area contributed by atoms with E-state index in [9.17, 15) is 14.0 Å². The van der Waals surface area contributed by atoms with Gasteiger partial charge >= 0.3 is 0 Å². The number of halogens is 1. The minimum atomic E-state index is -0.434. The van der Waals surface area contributed by atoms with Crippen molar-refractivity contribution in [1.82, 2.24) is 9.88 Å². The summed E-state index contributed by atoms with van der Waals surface area (Å²) in [7, 11) is 1.61. The summed E-state index contributed by atoms with van der Waals surface area (Å²) in [5.41, 5.74) is 2.74. The Morgan fingerprint density at radius 2 is 1.88 bits per heavy atom. The van der Waals surface area contributed by atoms with Gasteiger partial charge in [0.15, 0.2) is 0 Å². The van der Waals surface area contributed by atoms with Gasteiger partial charge in [0, 0.05) is 44.1 Å². The first-order chi connectivity index (χ1) is 15.5. The number of aromatic nitrogens is 1. The van der Waals surface area contributed by atoms with E-state index < -0.39 is 5.82 Å². The molecule has 0 radical (unpaired) electrons. The maximum absolute atomic E-state index is 15.0. The van der Waals surface area contributed by atoms with Crippen LogP contribution in [0.15, 0.2) is 54.7 Å². The number of hydrogen-bond donors (Lipinski definition) is 0. The molecule has 32 heavy (non-hydrogen) atoms. The Morgan fingerprint density at radius 3 is 2.66 bits per heavy atom. The molecule has 2 fully saturated rings. The minimum absolute atomic E-state index is 0.128. The van der Waals surface area contributed by atoms with Crippen LogP contribution in [0.4, 0.5) is 10.1 Å². The lowest BCUT2D eigenvalue weighted by Crippen LogP contribution is -2.32. The van der Waals surface area contributed by atoms with Gasteiger partial charge in [-0.1, -0.05) is 24.3 Å². The first kappa shape index (κ1) is 20.6. The highest BCUT2D eigenvalue weighted by molar-refractivity contribution is 5.93. The molecule has 1 aromatic heterocycles. The van der Waals surface area contributed by atoms with Gasteiger partial charge in [0.1, 0.15) is 5.82 Å². The first-order valence-electron chi connectivity index (χ1n) is 11.2. The zero-order chi connectivity index (χ0) is 22.2. The van der Waals surface area contributed by atoms with Gasteiger partial charge in [0.25, 0.3) is 0 Å². The van der Waals surface area contributed by atoms with E-state index in [0.717, 1.165) is 47.8 Å². The van der Waals surface area contributed by atoms with Crippen LogP contribution in [-0.2, 0) is 9.59 Å². The smallest absolute Gasteiger partial charge is 0.227 e. The Bertz CT molecular complexity index is 1190. The van der Waals surface area contributed by atoms with Crippen molar-refractivity contribution >= 4 is 28.4 Å². The van der Waals surface area contributed by atoms with E-state index >= 15 is 0 Å². The van der Waals surface area contributed by atoms with Crippen molar-refractivity contribution in [1.29, 1.82) is 0 Å². The molecule has 1 saturated heterocycles. The van der Waals surface area contributed by atoms with Crippen molar-refractivity contribution < 1.29 is 14.0 Å². The number of amides is 2. The molecule has 0 spiro atoms. The van der Waals surface area contributed by atoms with E-state index in [4.69, 9.17) is 0 Å². The third-order valence-electron chi connectivity index (χ3n) is 6.61. The highest BCUT2D eigenvalue weighted by atomic mass is 19.1. The second-order valence-electron chi connectivity index (χ2n) is 8.95. The molecule has 1 aliphatic heterocycles. The molecule has 2 heterocycles. The predicted octanol–water partition coefficient (Wildman–Crippen LogP) is 4.65.